The number of hydrogen-bond donors (Lipinski definition) is 2. The third-order valence-electron chi connectivity index (χ3n) is 3.84. The van der Waals surface area contributed by atoms with Crippen LogP contribution in [0.25, 0.3) is 11.0 Å². The fourth-order valence-corrected chi connectivity index (χ4v) is 3.03. The lowest BCUT2D eigenvalue weighted by Crippen LogP contribution is -2.23. The molecule has 2 N–H and O–H groups in total. The van der Waals surface area contributed by atoms with Crippen molar-refractivity contribution < 1.29 is 9.90 Å². The maximum atomic E-state index is 10.9. The predicted octanol–water partition coefficient (Wildman–Crippen LogP) is 2.91. The van der Waals surface area contributed by atoms with E-state index >= 15 is 0 Å². The second-order valence-electron chi connectivity index (χ2n) is 5.40. The van der Waals surface area contributed by atoms with E-state index in [1.807, 2.05) is 6.07 Å². The van der Waals surface area contributed by atoms with Gasteiger partial charge < -0.3 is 15.0 Å². The van der Waals surface area contributed by atoms with Gasteiger partial charge >= 0.3 is 5.97 Å². The van der Waals surface area contributed by atoms with Gasteiger partial charge in [-0.1, -0.05) is 19.3 Å². The minimum atomic E-state index is -0.913. The zero-order chi connectivity index (χ0) is 14.8. The maximum absolute atomic E-state index is 10.9. The third-order valence-corrected chi connectivity index (χ3v) is 4.01. The summed E-state index contributed by atoms with van der Waals surface area (Å²) in [6.07, 6.45) is 7.68. The highest BCUT2D eigenvalue weighted by atomic mass is 35.5. The molecule has 7 heteroatoms. The molecule has 0 amide bonds. The molecule has 0 bridgehead atoms. The highest BCUT2D eigenvalue weighted by Gasteiger charge is 2.17. The fraction of sp³-hybridized carbons (Fsp3) is 0.500. The minimum absolute atomic E-state index is 0.131. The van der Waals surface area contributed by atoms with E-state index in [-0.39, 0.29) is 11.8 Å². The Morgan fingerprint density at radius 2 is 2.14 bits per heavy atom. The molecule has 2 aromatic rings. The first-order chi connectivity index (χ1) is 10.1. The van der Waals surface area contributed by atoms with Crippen molar-refractivity contribution in [3.63, 3.8) is 0 Å². The summed E-state index contributed by atoms with van der Waals surface area (Å²) in [6.45, 7) is -0.139. The number of halogens is 1. The maximum Gasteiger partial charge on any atom is 0.323 e. The lowest BCUT2D eigenvalue weighted by Gasteiger charge is -2.23. The van der Waals surface area contributed by atoms with Crippen molar-refractivity contribution in [2.24, 2.45) is 0 Å². The second-order valence-corrected chi connectivity index (χ2v) is 5.73. The van der Waals surface area contributed by atoms with Crippen LogP contribution >= 0.6 is 11.6 Å². The lowest BCUT2D eigenvalue weighted by atomic mass is 9.95. The van der Waals surface area contributed by atoms with E-state index in [1.165, 1.54) is 19.3 Å². The van der Waals surface area contributed by atoms with Crippen LogP contribution in [0.2, 0.25) is 5.28 Å². The number of rotatable bonds is 4. The summed E-state index contributed by atoms with van der Waals surface area (Å²) in [4.78, 5) is 19.3. The van der Waals surface area contributed by atoms with Crippen LogP contribution in [0.3, 0.4) is 0 Å². The molecular formula is C14H17ClN4O2. The monoisotopic (exact) mass is 308 g/mol. The zero-order valence-electron chi connectivity index (χ0n) is 11.5. The highest BCUT2D eigenvalue weighted by Crippen LogP contribution is 2.27. The number of anilines is 1. The standard InChI is InChI=1S/C14H17ClN4O2/c15-14-17-12(16-9-4-2-1-3-5-9)10-6-7-19(8-11(20)21)13(10)18-14/h6-7,9H,1-5,8H2,(H,20,21)(H,16,17,18). The van der Waals surface area contributed by atoms with Crippen LogP contribution in [0.1, 0.15) is 32.1 Å². The van der Waals surface area contributed by atoms with Gasteiger partial charge in [-0.25, -0.2) is 4.98 Å². The van der Waals surface area contributed by atoms with Crippen LogP contribution in [0.4, 0.5) is 5.82 Å². The van der Waals surface area contributed by atoms with Crippen molar-refractivity contribution in [3.05, 3.63) is 17.5 Å². The van der Waals surface area contributed by atoms with E-state index < -0.39 is 5.97 Å². The average molecular weight is 309 g/mol. The van der Waals surface area contributed by atoms with Crippen LogP contribution in [0.5, 0.6) is 0 Å². The van der Waals surface area contributed by atoms with E-state index in [4.69, 9.17) is 16.7 Å². The first-order valence-electron chi connectivity index (χ1n) is 7.14. The molecule has 3 rings (SSSR count). The molecule has 1 fully saturated rings. The summed E-state index contributed by atoms with van der Waals surface area (Å²) in [5.41, 5.74) is 0.552. The number of carboxylic acid groups (broad SMARTS) is 1. The van der Waals surface area contributed by atoms with Crippen molar-refractivity contribution in [2.45, 2.75) is 44.7 Å². The molecule has 1 aliphatic carbocycles. The zero-order valence-corrected chi connectivity index (χ0v) is 12.3. The number of aliphatic carboxylic acids is 1. The van der Waals surface area contributed by atoms with Gasteiger partial charge in [0.15, 0.2) is 0 Å². The van der Waals surface area contributed by atoms with Gasteiger partial charge in [-0.05, 0) is 30.5 Å². The van der Waals surface area contributed by atoms with Gasteiger partial charge in [-0.2, -0.15) is 4.98 Å². The Balaban J connectivity index is 1.94. The molecule has 0 aromatic carbocycles. The number of nitrogens with one attached hydrogen (secondary N) is 1. The Morgan fingerprint density at radius 3 is 2.86 bits per heavy atom. The van der Waals surface area contributed by atoms with Crippen molar-refractivity contribution in [1.82, 2.24) is 14.5 Å². The number of hydrogen-bond acceptors (Lipinski definition) is 4. The normalized spacial score (nSPS) is 16.2. The number of nitrogens with zero attached hydrogens (tertiary/aromatic N) is 3. The van der Waals surface area contributed by atoms with Crippen molar-refractivity contribution in [1.29, 1.82) is 0 Å². The van der Waals surface area contributed by atoms with E-state index in [9.17, 15) is 4.79 Å². The van der Waals surface area contributed by atoms with Gasteiger partial charge in [0, 0.05) is 12.2 Å². The SMILES string of the molecule is O=C(O)Cn1ccc2c(NC3CCCCC3)nc(Cl)nc21. The lowest BCUT2D eigenvalue weighted by molar-refractivity contribution is -0.137. The Bertz CT molecular complexity index is 664. The Morgan fingerprint density at radius 1 is 1.38 bits per heavy atom. The van der Waals surface area contributed by atoms with Crippen molar-refractivity contribution in [3.8, 4) is 0 Å². The molecule has 1 saturated carbocycles. The highest BCUT2D eigenvalue weighted by molar-refractivity contribution is 6.28. The Hall–Kier alpha value is -1.82. The number of aromatic nitrogens is 3. The van der Waals surface area contributed by atoms with Crippen LogP contribution in [-0.4, -0.2) is 31.7 Å². The molecule has 2 heterocycles. The topological polar surface area (TPSA) is 80.0 Å². The Labute approximate surface area is 127 Å². The molecule has 6 nitrogen and oxygen atoms in total. The van der Waals surface area contributed by atoms with Crippen LogP contribution < -0.4 is 5.32 Å². The number of carbonyl (C=O) groups is 1. The molecule has 0 radical (unpaired) electrons. The molecule has 0 unspecified atom stereocenters. The molecule has 0 spiro atoms. The minimum Gasteiger partial charge on any atom is -0.480 e. The van der Waals surface area contributed by atoms with Crippen LogP contribution in [0, 0.1) is 0 Å². The molecule has 1 aliphatic rings. The van der Waals surface area contributed by atoms with Gasteiger partial charge in [0.2, 0.25) is 5.28 Å². The van der Waals surface area contributed by atoms with E-state index in [1.54, 1.807) is 10.8 Å². The molecule has 0 atom stereocenters. The second kappa shape index (κ2) is 5.89. The molecule has 0 saturated heterocycles. The Kier molecular flexibility index (Phi) is 3.96. The number of fused-ring (bicyclic) bond motifs is 1. The summed E-state index contributed by atoms with van der Waals surface area (Å²) >= 11 is 5.98. The largest absolute Gasteiger partial charge is 0.480 e. The molecular weight excluding hydrogens is 292 g/mol. The molecule has 0 aliphatic heterocycles. The first kappa shape index (κ1) is 14.1. The predicted molar refractivity (Wildman–Crippen MR) is 80.7 cm³/mol. The van der Waals surface area contributed by atoms with E-state index in [0.717, 1.165) is 18.2 Å². The van der Waals surface area contributed by atoms with E-state index in [0.29, 0.717) is 17.5 Å². The summed E-state index contributed by atoms with van der Waals surface area (Å²) < 4.78 is 1.57. The average Bonchev–Trinajstić information content (AvgIpc) is 2.82. The van der Waals surface area contributed by atoms with Crippen LogP contribution in [-0.2, 0) is 11.3 Å². The van der Waals surface area contributed by atoms with Gasteiger partial charge in [0.25, 0.3) is 0 Å². The van der Waals surface area contributed by atoms with Crippen LogP contribution in [0.15, 0.2) is 12.3 Å². The van der Waals surface area contributed by atoms with E-state index in [2.05, 4.69) is 15.3 Å². The quantitative estimate of drug-likeness (QED) is 0.849. The smallest absolute Gasteiger partial charge is 0.323 e. The van der Waals surface area contributed by atoms with Crippen molar-refractivity contribution in [2.75, 3.05) is 5.32 Å². The summed E-state index contributed by atoms with van der Waals surface area (Å²) in [7, 11) is 0. The summed E-state index contributed by atoms with van der Waals surface area (Å²) in [5.74, 6) is -0.218. The van der Waals surface area contributed by atoms with Gasteiger partial charge in [0.05, 0.1) is 5.39 Å². The van der Waals surface area contributed by atoms with Gasteiger partial charge in [-0.15, -0.1) is 0 Å². The summed E-state index contributed by atoms with van der Waals surface area (Å²) in [6, 6.07) is 2.23. The molecule has 2 aromatic heterocycles. The fourth-order valence-electron chi connectivity index (χ4n) is 2.86. The van der Waals surface area contributed by atoms with Crippen molar-refractivity contribution >= 4 is 34.4 Å². The molecule has 112 valence electrons. The third kappa shape index (κ3) is 3.10. The van der Waals surface area contributed by atoms with Gasteiger partial charge in [0.1, 0.15) is 18.0 Å². The molecule has 21 heavy (non-hydrogen) atoms. The summed E-state index contributed by atoms with van der Waals surface area (Å²) in [5, 5.41) is 13.3. The first-order valence-corrected chi connectivity index (χ1v) is 7.52. The van der Waals surface area contributed by atoms with Gasteiger partial charge in [-0.3, -0.25) is 4.79 Å². The number of carboxylic acids is 1.